The van der Waals surface area contributed by atoms with E-state index in [0.717, 1.165) is 38.9 Å². The number of ketones is 1. The molecular weight excluding hydrogens is 270 g/mol. The largest absolute Gasteiger partial charge is 0.299 e. The molecule has 114 valence electrons. The summed E-state index contributed by atoms with van der Waals surface area (Å²) >= 11 is 0. The lowest BCUT2D eigenvalue weighted by Crippen LogP contribution is -2.30. The molecule has 0 heterocycles. The van der Waals surface area contributed by atoms with Crippen molar-refractivity contribution in [1.29, 1.82) is 0 Å². The lowest BCUT2D eigenvalue weighted by Gasteiger charge is -2.25. The van der Waals surface area contributed by atoms with Gasteiger partial charge in [-0.1, -0.05) is 60.7 Å². The summed E-state index contributed by atoms with van der Waals surface area (Å²) in [6.07, 6.45) is 2.89. The number of rotatable bonds is 6. The number of Topliss-reactive ketones (excluding diaryl/α,β-unsaturated/α-hetero) is 1. The molecule has 1 saturated carbocycles. The van der Waals surface area contributed by atoms with Gasteiger partial charge in [-0.25, -0.2) is 0 Å². The average molecular weight is 293 g/mol. The second kappa shape index (κ2) is 7.37. The van der Waals surface area contributed by atoms with E-state index in [9.17, 15) is 4.79 Å². The maximum absolute atomic E-state index is 12.0. The van der Waals surface area contributed by atoms with Gasteiger partial charge in [0.15, 0.2) is 0 Å². The molecule has 0 unspecified atom stereocenters. The van der Waals surface area contributed by atoms with Crippen LogP contribution < -0.4 is 0 Å². The SMILES string of the molecule is O=C1CCC[C@H]1CN(Cc1ccccc1)Cc1ccccc1. The van der Waals surface area contributed by atoms with Gasteiger partial charge in [0.25, 0.3) is 0 Å². The molecule has 0 aromatic heterocycles. The van der Waals surface area contributed by atoms with E-state index in [1.54, 1.807) is 0 Å². The molecule has 1 aliphatic rings. The number of nitrogens with zero attached hydrogens (tertiary/aromatic N) is 1. The van der Waals surface area contributed by atoms with E-state index in [2.05, 4.69) is 53.4 Å². The van der Waals surface area contributed by atoms with Gasteiger partial charge in [-0.15, -0.1) is 0 Å². The van der Waals surface area contributed by atoms with Crippen LogP contribution in [0.4, 0.5) is 0 Å². The van der Waals surface area contributed by atoms with E-state index < -0.39 is 0 Å². The standard InChI is InChI=1S/C20H23NO/c22-20-13-7-12-19(20)16-21(14-17-8-3-1-4-9-17)15-18-10-5-2-6-11-18/h1-6,8-11,19H,7,12-16H2/t19-/m0/s1. The zero-order chi connectivity index (χ0) is 15.2. The highest BCUT2D eigenvalue weighted by molar-refractivity contribution is 5.83. The minimum absolute atomic E-state index is 0.229. The first-order valence-corrected chi connectivity index (χ1v) is 8.14. The van der Waals surface area contributed by atoms with Crippen molar-refractivity contribution in [3.63, 3.8) is 0 Å². The average Bonchev–Trinajstić information content (AvgIpc) is 2.94. The monoisotopic (exact) mass is 293 g/mol. The molecule has 2 aromatic rings. The lowest BCUT2D eigenvalue weighted by atomic mass is 10.1. The van der Waals surface area contributed by atoms with Gasteiger partial charge in [0, 0.05) is 32.0 Å². The predicted molar refractivity (Wildman–Crippen MR) is 89.3 cm³/mol. The van der Waals surface area contributed by atoms with E-state index in [1.807, 2.05) is 12.1 Å². The highest BCUT2D eigenvalue weighted by Crippen LogP contribution is 2.23. The number of carbonyl (C=O) groups excluding carboxylic acids is 1. The van der Waals surface area contributed by atoms with Crippen molar-refractivity contribution in [3.05, 3.63) is 71.8 Å². The van der Waals surface area contributed by atoms with E-state index in [-0.39, 0.29) is 5.92 Å². The molecule has 1 aliphatic carbocycles. The van der Waals surface area contributed by atoms with Gasteiger partial charge in [-0.2, -0.15) is 0 Å². The van der Waals surface area contributed by atoms with Crippen molar-refractivity contribution < 1.29 is 4.79 Å². The van der Waals surface area contributed by atoms with E-state index >= 15 is 0 Å². The lowest BCUT2D eigenvalue weighted by molar-refractivity contribution is -0.121. The predicted octanol–water partition coefficient (Wildman–Crippen LogP) is 4.06. The molecule has 0 bridgehead atoms. The van der Waals surface area contributed by atoms with Gasteiger partial charge in [-0.3, -0.25) is 9.69 Å². The molecule has 1 atom stereocenters. The fourth-order valence-corrected chi connectivity index (χ4v) is 3.26. The Balaban J connectivity index is 1.71. The molecule has 2 nitrogen and oxygen atoms in total. The van der Waals surface area contributed by atoms with Crippen molar-refractivity contribution >= 4 is 5.78 Å². The third-order valence-electron chi connectivity index (χ3n) is 4.41. The molecule has 0 amide bonds. The number of hydrogen-bond donors (Lipinski definition) is 0. The number of carbonyl (C=O) groups is 1. The van der Waals surface area contributed by atoms with E-state index in [4.69, 9.17) is 0 Å². The molecule has 22 heavy (non-hydrogen) atoms. The Bertz CT molecular complexity index is 552. The Kier molecular flexibility index (Phi) is 5.02. The van der Waals surface area contributed by atoms with Gasteiger partial charge in [-0.05, 0) is 24.0 Å². The van der Waals surface area contributed by atoms with E-state index in [1.165, 1.54) is 11.1 Å². The maximum Gasteiger partial charge on any atom is 0.137 e. The molecular formula is C20H23NO. The Morgan fingerprint density at radius 3 is 1.86 bits per heavy atom. The van der Waals surface area contributed by atoms with Crippen LogP contribution in [0.5, 0.6) is 0 Å². The molecule has 0 radical (unpaired) electrons. The number of benzene rings is 2. The maximum atomic E-state index is 12.0. The second-order valence-electron chi connectivity index (χ2n) is 6.20. The third-order valence-corrected chi connectivity index (χ3v) is 4.41. The third kappa shape index (κ3) is 4.05. The van der Waals surface area contributed by atoms with Gasteiger partial charge in [0.1, 0.15) is 5.78 Å². The van der Waals surface area contributed by atoms with Crippen molar-refractivity contribution in [2.45, 2.75) is 32.4 Å². The first-order chi connectivity index (χ1) is 10.8. The van der Waals surface area contributed by atoms with Crippen LogP contribution in [0.15, 0.2) is 60.7 Å². The van der Waals surface area contributed by atoms with Crippen LogP contribution in [0.1, 0.15) is 30.4 Å². The molecule has 2 heteroatoms. The highest BCUT2D eigenvalue weighted by atomic mass is 16.1. The summed E-state index contributed by atoms with van der Waals surface area (Å²) in [6.45, 7) is 2.68. The van der Waals surface area contributed by atoms with Crippen molar-refractivity contribution in [2.24, 2.45) is 5.92 Å². The quantitative estimate of drug-likeness (QED) is 0.800. The van der Waals surface area contributed by atoms with Crippen molar-refractivity contribution in [3.8, 4) is 0 Å². The summed E-state index contributed by atoms with van der Waals surface area (Å²) in [5, 5.41) is 0. The molecule has 0 N–H and O–H groups in total. The smallest absolute Gasteiger partial charge is 0.137 e. The summed E-state index contributed by atoms with van der Waals surface area (Å²) in [7, 11) is 0. The van der Waals surface area contributed by atoms with Crippen LogP contribution in [0, 0.1) is 5.92 Å². The van der Waals surface area contributed by atoms with Crippen LogP contribution >= 0.6 is 0 Å². The first kappa shape index (κ1) is 15.0. The fraction of sp³-hybridized carbons (Fsp3) is 0.350. The summed E-state index contributed by atoms with van der Waals surface area (Å²) in [4.78, 5) is 14.4. The molecule has 0 spiro atoms. The van der Waals surface area contributed by atoms with Crippen LogP contribution in [0.25, 0.3) is 0 Å². The summed E-state index contributed by atoms with van der Waals surface area (Å²) < 4.78 is 0. The number of hydrogen-bond acceptors (Lipinski definition) is 2. The van der Waals surface area contributed by atoms with E-state index in [0.29, 0.717) is 5.78 Å². The van der Waals surface area contributed by atoms with Crippen LogP contribution in [-0.2, 0) is 17.9 Å². The van der Waals surface area contributed by atoms with Crippen LogP contribution in [0.2, 0.25) is 0 Å². The first-order valence-electron chi connectivity index (χ1n) is 8.14. The van der Waals surface area contributed by atoms with Crippen molar-refractivity contribution in [2.75, 3.05) is 6.54 Å². The van der Waals surface area contributed by atoms with Crippen molar-refractivity contribution in [1.82, 2.24) is 4.90 Å². The molecule has 2 aromatic carbocycles. The fourth-order valence-electron chi connectivity index (χ4n) is 3.26. The Hall–Kier alpha value is -1.93. The van der Waals surface area contributed by atoms with Crippen LogP contribution in [-0.4, -0.2) is 17.2 Å². The highest BCUT2D eigenvalue weighted by Gasteiger charge is 2.26. The summed E-state index contributed by atoms with van der Waals surface area (Å²) in [5.41, 5.74) is 2.62. The minimum atomic E-state index is 0.229. The zero-order valence-corrected chi connectivity index (χ0v) is 12.9. The Labute approximate surface area is 132 Å². The van der Waals surface area contributed by atoms with Gasteiger partial charge >= 0.3 is 0 Å². The molecule has 0 aliphatic heterocycles. The Morgan fingerprint density at radius 1 is 0.864 bits per heavy atom. The molecule has 3 rings (SSSR count). The Morgan fingerprint density at radius 2 is 1.41 bits per heavy atom. The van der Waals surface area contributed by atoms with Gasteiger partial charge in [0.05, 0.1) is 0 Å². The van der Waals surface area contributed by atoms with Gasteiger partial charge in [0.2, 0.25) is 0 Å². The topological polar surface area (TPSA) is 20.3 Å². The summed E-state index contributed by atoms with van der Waals surface area (Å²) in [6, 6.07) is 21.1. The minimum Gasteiger partial charge on any atom is -0.299 e. The summed E-state index contributed by atoms with van der Waals surface area (Å²) in [5.74, 6) is 0.679. The zero-order valence-electron chi connectivity index (χ0n) is 12.9. The van der Waals surface area contributed by atoms with Crippen LogP contribution in [0.3, 0.4) is 0 Å². The van der Waals surface area contributed by atoms with Gasteiger partial charge < -0.3 is 0 Å². The second-order valence-corrected chi connectivity index (χ2v) is 6.20. The molecule has 1 fully saturated rings. The normalized spacial score (nSPS) is 18.0. The molecule has 0 saturated heterocycles.